The molecule has 2 N–H and O–H groups in total. The van der Waals surface area contributed by atoms with Crippen molar-refractivity contribution in [3.63, 3.8) is 0 Å². The number of nitrogens with zero attached hydrogens (tertiary/aromatic N) is 3. The van der Waals surface area contributed by atoms with E-state index >= 15 is 0 Å². The van der Waals surface area contributed by atoms with Crippen molar-refractivity contribution in [3.8, 4) is 6.07 Å². The van der Waals surface area contributed by atoms with E-state index in [1.54, 1.807) is 43.4 Å². The zero-order valence-electron chi connectivity index (χ0n) is 17.3. The molecule has 0 fully saturated rings. The fourth-order valence-electron chi connectivity index (χ4n) is 3.49. The lowest BCUT2D eigenvalue weighted by Gasteiger charge is -2.22. The number of likely N-dealkylation sites (N-methyl/N-ethyl adjacent to an activating group) is 1. The number of thiocarbonyl (C=S) groups is 1. The number of nitriles is 1. The van der Waals surface area contributed by atoms with Gasteiger partial charge in [-0.2, -0.15) is 5.26 Å². The summed E-state index contributed by atoms with van der Waals surface area (Å²) in [4.78, 5) is 19.6. The summed E-state index contributed by atoms with van der Waals surface area (Å²) in [5.74, 6) is -0.305. The SMILES string of the molecule is CN1C(=O)C(NC(=S)Nc2cccc(Cl)c2C#N)N=C(c2ccccc2)c2cc(Cl)ccc21. The molecule has 1 heterocycles. The van der Waals surface area contributed by atoms with Gasteiger partial charge in [-0.3, -0.25) is 4.79 Å². The van der Waals surface area contributed by atoms with E-state index in [2.05, 4.69) is 10.6 Å². The van der Waals surface area contributed by atoms with Crippen molar-refractivity contribution in [1.29, 1.82) is 5.26 Å². The minimum Gasteiger partial charge on any atom is -0.333 e. The molecule has 0 saturated heterocycles. The summed E-state index contributed by atoms with van der Waals surface area (Å²) in [6.07, 6.45) is -1.01. The van der Waals surface area contributed by atoms with Crippen LogP contribution >= 0.6 is 35.4 Å². The Morgan fingerprint density at radius 3 is 2.61 bits per heavy atom. The molecular weight excluding hydrogens is 477 g/mol. The standard InChI is InChI=1S/C24H17Cl2N5OS/c1-31-20-11-10-15(25)12-16(20)21(14-6-3-2-4-7-14)29-22(23(31)32)30-24(33)28-19-9-5-8-18(26)17(19)13-27/h2-12,22H,1H3,(H2,28,30,33). The van der Waals surface area contributed by atoms with E-state index in [0.29, 0.717) is 27.1 Å². The van der Waals surface area contributed by atoms with Crippen molar-refractivity contribution in [2.75, 3.05) is 17.3 Å². The smallest absolute Gasteiger partial charge is 0.272 e. The molecule has 1 aliphatic rings. The lowest BCUT2D eigenvalue weighted by molar-refractivity contribution is -0.119. The van der Waals surface area contributed by atoms with Gasteiger partial charge in [0.1, 0.15) is 6.07 Å². The van der Waals surface area contributed by atoms with Crippen molar-refractivity contribution in [3.05, 3.63) is 93.5 Å². The fourth-order valence-corrected chi connectivity index (χ4v) is 4.10. The summed E-state index contributed by atoms with van der Waals surface area (Å²) >= 11 is 17.8. The maximum absolute atomic E-state index is 13.3. The van der Waals surface area contributed by atoms with Gasteiger partial charge in [-0.1, -0.05) is 59.6 Å². The van der Waals surface area contributed by atoms with Crippen LogP contribution in [-0.2, 0) is 4.79 Å². The number of benzene rings is 3. The third-order valence-electron chi connectivity index (χ3n) is 5.09. The van der Waals surface area contributed by atoms with Crippen LogP contribution in [0.4, 0.5) is 11.4 Å². The maximum atomic E-state index is 13.3. The Labute approximate surface area is 206 Å². The Kier molecular flexibility index (Phi) is 6.61. The molecule has 0 aliphatic carbocycles. The lowest BCUT2D eigenvalue weighted by Crippen LogP contribution is -2.47. The van der Waals surface area contributed by atoms with Crippen molar-refractivity contribution < 1.29 is 4.79 Å². The summed E-state index contributed by atoms with van der Waals surface area (Å²) in [6.45, 7) is 0. The van der Waals surface area contributed by atoms with Crippen molar-refractivity contribution in [2.45, 2.75) is 6.17 Å². The first kappa shape index (κ1) is 22.7. The number of carbonyl (C=O) groups is 1. The van der Waals surface area contributed by atoms with Crippen LogP contribution in [0.1, 0.15) is 16.7 Å². The van der Waals surface area contributed by atoms with E-state index in [4.69, 9.17) is 40.4 Å². The molecule has 164 valence electrons. The van der Waals surface area contributed by atoms with E-state index in [-0.39, 0.29) is 16.6 Å². The van der Waals surface area contributed by atoms with Crippen LogP contribution in [0.3, 0.4) is 0 Å². The van der Waals surface area contributed by atoms with Gasteiger partial charge in [0.25, 0.3) is 5.91 Å². The van der Waals surface area contributed by atoms with E-state index in [9.17, 15) is 10.1 Å². The second kappa shape index (κ2) is 9.59. The normalized spacial score (nSPS) is 15.1. The summed E-state index contributed by atoms with van der Waals surface area (Å²) in [5.41, 5.74) is 3.52. The van der Waals surface area contributed by atoms with Gasteiger partial charge < -0.3 is 15.5 Å². The molecule has 1 unspecified atom stereocenters. The predicted molar refractivity (Wildman–Crippen MR) is 136 cm³/mol. The molecule has 9 heteroatoms. The quantitative estimate of drug-likeness (QED) is 0.502. The molecule has 6 nitrogen and oxygen atoms in total. The highest BCUT2D eigenvalue weighted by atomic mass is 35.5. The molecule has 0 bridgehead atoms. The fraction of sp³-hybridized carbons (Fsp3) is 0.0833. The molecule has 33 heavy (non-hydrogen) atoms. The first-order valence-corrected chi connectivity index (χ1v) is 11.0. The first-order valence-electron chi connectivity index (χ1n) is 9.86. The number of fused-ring (bicyclic) bond motifs is 1. The minimum absolute atomic E-state index is 0.126. The number of hydrogen-bond donors (Lipinski definition) is 2. The second-order valence-electron chi connectivity index (χ2n) is 7.18. The molecule has 1 atom stereocenters. The number of carbonyl (C=O) groups excluding carboxylic acids is 1. The Hall–Kier alpha value is -3.44. The average molecular weight is 494 g/mol. The lowest BCUT2D eigenvalue weighted by atomic mass is 10.0. The van der Waals surface area contributed by atoms with Gasteiger partial charge in [0.15, 0.2) is 5.11 Å². The van der Waals surface area contributed by atoms with Crippen LogP contribution < -0.4 is 15.5 Å². The first-order chi connectivity index (χ1) is 15.9. The van der Waals surface area contributed by atoms with Crippen LogP contribution in [0.15, 0.2) is 71.7 Å². The molecule has 3 aromatic carbocycles. The van der Waals surface area contributed by atoms with Crippen LogP contribution in [0, 0.1) is 11.3 Å². The summed E-state index contributed by atoms with van der Waals surface area (Å²) in [5, 5.41) is 16.3. The molecule has 4 rings (SSSR count). The van der Waals surface area contributed by atoms with Crippen LogP contribution in [0.25, 0.3) is 0 Å². The minimum atomic E-state index is -1.01. The number of aliphatic imine (C=N–C) groups is 1. The van der Waals surface area contributed by atoms with E-state index in [1.807, 2.05) is 36.4 Å². The number of nitrogens with one attached hydrogen (secondary N) is 2. The van der Waals surface area contributed by atoms with Gasteiger partial charge in [-0.15, -0.1) is 0 Å². The molecular formula is C24H17Cl2N5OS. The molecule has 1 amide bonds. The molecule has 0 saturated carbocycles. The third-order valence-corrected chi connectivity index (χ3v) is 5.86. The third kappa shape index (κ3) is 4.69. The van der Waals surface area contributed by atoms with Crippen LogP contribution in [0.2, 0.25) is 10.0 Å². The number of amides is 1. The summed E-state index contributed by atoms with van der Waals surface area (Å²) < 4.78 is 0. The molecule has 1 aliphatic heterocycles. The van der Waals surface area contributed by atoms with E-state index in [0.717, 1.165) is 11.1 Å². The van der Waals surface area contributed by atoms with Crippen molar-refractivity contribution in [2.24, 2.45) is 4.99 Å². The zero-order valence-corrected chi connectivity index (χ0v) is 19.7. The van der Waals surface area contributed by atoms with Gasteiger partial charge in [0.05, 0.1) is 27.7 Å². The van der Waals surface area contributed by atoms with E-state index in [1.165, 1.54) is 4.90 Å². The highest BCUT2D eigenvalue weighted by Crippen LogP contribution is 2.30. The Balaban J connectivity index is 1.72. The highest BCUT2D eigenvalue weighted by Gasteiger charge is 2.30. The number of benzodiazepines with no additional fused rings is 1. The number of hydrogen-bond acceptors (Lipinski definition) is 4. The largest absolute Gasteiger partial charge is 0.333 e. The Bertz CT molecular complexity index is 1320. The summed E-state index contributed by atoms with van der Waals surface area (Å²) in [6, 6.07) is 21.9. The Morgan fingerprint density at radius 2 is 1.88 bits per heavy atom. The molecule has 0 spiro atoms. The molecule has 0 radical (unpaired) electrons. The topological polar surface area (TPSA) is 80.5 Å². The van der Waals surface area contributed by atoms with E-state index < -0.39 is 6.17 Å². The number of rotatable bonds is 3. The second-order valence-corrected chi connectivity index (χ2v) is 8.43. The van der Waals surface area contributed by atoms with Crippen molar-refractivity contribution in [1.82, 2.24) is 5.32 Å². The molecule has 3 aromatic rings. The van der Waals surface area contributed by atoms with Crippen LogP contribution in [0.5, 0.6) is 0 Å². The summed E-state index contributed by atoms with van der Waals surface area (Å²) in [7, 11) is 1.68. The van der Waals surface area contributed by atoms with Crippen LogP contribution in [-0.4, -0.2) is 29.9 Å². The highest BCUT2D eigenvalue weighted by molar-refractivity contribution is 7.80. The predicted octanol–water partition coefficient (Wildman–Crippen LogP) is 4.99. The van der Waals surface area contributed by atoms with Crippen molar-refractivity contribution >= 4 is 63.5 Å². The number of anilines is 2. The van der Waals surface area contributed by atoms with Gasteiger partial charge in [-0.05, 0) is 42.5 Å². The monoisotopic (exact) mass is 493 g/mol. The van der Waals surface area contributed by atoms with Gasteiger partial charge in [-0.25, -0.2) is 4.99 Å². The maximum Gasteiger partial charge on any atom is 0.272 e. The average Bonchev–Trinajstić information content (AvgIpc) is 2.90. The molecule has 0 aromatic heterocycles. The van der Waals surface area contributed by atoms with Gasteiger partial charge >= 0.3 is 0 Å². The van der Waals surface area contributed by atoms with Gasteiger partial charge in [0, 0.05) is 23.2 Å². The zero-order chi connectivity index (χ0) is 23.5. The number of halogens is 2. The Morgan fingerprint density at radius 1 is 1.12 bits per heavy atom. The van der Waals surface area contributed by atoms with Gasteiger partial charge in [0.2, 0.25) is 6.17 Å².